The summed E-state index contributed by atoms with van der Waals surface area (Å²) < 4.78 is 2.55. The SMILES string of the molecule is CCN(CC)C(=O)Nn1c(C2SCCS2)c2c3c(cccc31)[C@H]1CCCN(C)[C@@H]1C2. The minimum Gasteiger partial charge on any atom is -0.324 e. The van der Waals surface area contributed by atoms with E-state index in [1.54, 1.807) is 0 Å². The van der Waals surface area contributed by atoms with Crippen molar-refractivity contribution in [2.75, 3.05) is 43.6 Å². The number of nitrogens with one attached hydrogen (secondary N) is 1. The third-order valence-electron chi connectivity index (χ3n) is 7.14. The lowest BCUT2D eigenvalue weighted by molar-refractivity contribution is 0.157. The van der Waals surface area contributed by atoms with Gasteiger partial charge in [0.1, 0.15) is 0 Å². The lowest BCUT2D eigenvalue weighted by atomic mass is 9.75. The molecule has 1 aromatic carbocycles. The molecule has 5 nitrogen and oxygen atoms in total. The highest BCUT2D eigenvalue weighted by Gasteiger charge is 2.40. The summed E-state index contributed by atoms with van der Waals surface area (Å²) in [7, 11) is 2.29. The van der Waals surface area contributed by atoms with Crippen molar-refractivity contribution >= 4 is 40.5 Å². The quantitative estimate of drug-likeness (QED) is 0.731. The summed E-state index contributed by atoms with van der Waals surface area (Å²) in [5.74, 6) is 2.96. The first-order chi connectivity index (χ1) is 14.6. The van der Waals surface area contributed by atoms with Gasteiger partial charge >= 0.3 is 6.03 Å². The highest BCUT2D eigenvalue weighted by atomic mass is 32.2. The Kier molecular flexibility index (Phi) is 5.71. The lowest BCUT2D eigenvalue weighted by Crippen LogP contribution is -2.44. The monoisotopic (exact) mass is 444 g/mol. The molecule has 2 aromatic rings. The van der Waals surface area contributed by atoms with Crippen LogP contribution < -0.4 is 5.43 Å². The van der Waals surface area contributed by atoms with E-state index in [9.17, 15) is 4.79 Å². The van der Waals surface area contributed by atoms with E-state index in [0.717, 1.165) is 19.5 Å². The van der Waals surface area contributed by atoms with Crippen LogP contribution in [0.5, 0.6) is 0 Å². The van der Waals surface area contributed by atoms with Crippen molar-refractivity contribution in [2.45, 2.75) is 49.7 Å². The van der Waals surface area contributed by atoms with Crippen LogP contribution in [0.15, 0.2) is 18.2 Å². The van der Waals surface area contributed by atoms with Gasteiger partial charge in [0.2, 0.25) is 0 Å². The Hall–Kier alpha value is -1.31. The van der Waals surface area contributed by atoms with E-state index >= 15 is 0 Å². The second-order valence-corrected chi connectivity index (χ2v) is 11.3. The zero-order chi connectivity index (χ0) is 20.8. The molecule has 1 aromatic heterocycles. The topological polar surface area (TPSA) is 40.5 Å². The molecule has 0 bridgehead atoms. The van der Waals surface area contributed by atoms with Crippen LogP contribution in [0, 0.1) is 0 Å². The van der Waals surface area contributed by atoms with Gasteiger partial charge in [-0.2, -0.15) is 0 Å². The average Bonchev–Trinajstić information content (AvgIpc) is 3.38. The number of carbonyl (C=O) groups excluding carboxylic acids is 1. The maximum atomic E-state index is 13.1. The highest BCUT2D eigenvalue weighted by Crippen LogP contribution is 2.52. The van der Waals surface area contributed by atoms with Gasteiger partial charge in [-0.15, -0.1) is 23.5 Å². The summed E-state index contributed by atoms with van der Waals surface area (Å²) >= 11 is 4.05. The summed E-state index contributed by atoms with van der Waals surface area (Å²) in [4.78, 5) is 17.5. The number of carbonyl (C=O) groups is 1. The number of aromatic nitrogens is 1. The third kappa shape index (κ3) is 3.24. The van der Waals surface area contributed by atoms with Crippen LogP contribution in [-0.2, 0) is 6.42 Å². The molecule has 5 rings (SSSR count). The molecule has 3 aliphatic rings. The van der Waals surface area contributed by atoms with Crippen molar-refractivity contribution in [3.05, 3.63) is 35.0 Å². The van der Waals surface area contributed by atoms with E-state index in [2.05, 4.69) is 40.2 Å². The molecule has 2 atom stereocenters. The number of thioether (sulfide) groups is 2. The van der Waals surface area contributed by atoms with Gasteiger partial charge in [-0.25, -0.2) is 10.2 Å². The number of fused-ring (bicyclic) bond motifs is 2. The van der Waals surface area contributed by atoms with Crippen LogP contribution in [-0.4, -0.2) is 64.7 Å². The fourth-order valence-corrected chi connectivity index (χ4v) is 8.61. The molecule has 0 spiro atoms. The average molecular weight is 445 g/mol. The van der Waals surface area contributed by atoms with Gasteiger partial charge in [0, 0.05) is 41.9 Å². The predicted molar refractivity (Wildman–Crippen MR) is 129 cm³/mol. The van der Waals surface area contributed by atoms with Crippen LogP contribution in [0.25, 0.3) is 10.9 Å². The van der Waals surface area contributed by atoms with Crippen molar-refractivity contribution in [1.29, 1.82) is 0 Å². The Bertz CT molecular complexity index is 948. The van der Waals surface area contributed by atoms with Crippen molar-refractivity contribution in [1.82, 2.24) is 14.5 Å². The van der Waals surface area contributed by atoms with E-state index in [1.165, 1.54) is 58.6 Å². The Labute approximate surface area is 187 Å². The van der Waals surface area contributed by atoms with E-state index in [1.807, 2.05) is 42.3 Å². The number of nitrogens with zero attached hydrogens (tertiary/aromatic N) is 3. The molecule has 2 saturated heterocycles. The summed E-state index contributed by atoms with van der Waals surface area (Å²) in [6.07, 6.45) is 3.63. The zero-order valence-corrected chi connectivity index (χ0v) is 19.8. The summed E-state index contributed by atoms with van der Waals surface area (Å²) in [5, 5.41) is 1.41. The van der Waals surface area contributed by atoms with E-state index < -0.39 is 0 Å². The van der Waals surface area contributed by atoms with Crippen molar-refractivity contribution in [3.63, 3.8) is 0 Å². The Morgan fingerprint density at radius 3 is 2.73 bits per heavy atom. The summed E-state index contributed by atoms with van der Waals surface area (Å²) in [5.41, 5.74) is 8.77. The molecule has 2 amide bonds. The van der Waals surface area contributed by atoms with Gasteiger partial charge < -0.3 is 9.80 Å². The minimum atomic E-state index is -0.00289. The molecule has 1 aliphatic carbocycles. The number of piperidine rings is 1. The number of benzene rings is 1. The molecule has 2 aliphatic heterocycles. The van der Waals surface area contributed by atoms with Crippen LogP contribution in [0.3, 0.4) is 0 Å². The van der Waals surface area contributed by atoms with Gasteiger partial charge in [0.25, 0.3) is 0 Å². The van der Waals surface area contributed by atoms with E-state index in [0.29, 0.717) is 16.5 Å². The first-order valence-corrected chi connectivity index (χ1v) is 13.4. The molecule has 1 N–H and O–H groups in total. The molecular formula is C23H32N4OS2. The number of amides is 2. The summed E-state index contributed by atoms with van der Waals surface area (Å²) in [6.45, 7) is 6.71. The first-order valence-electron chi connectivity index (χ1n) is 11.3. The van der Waals surface area contributed by atoms with Crippen LogP contribution in [0.2, 0.25) is 0 Å². The van der Waals surface area contributed by atoms with Gasteiger partial charge in [0.05, 0.1) is 15.8 Å². The fraction of sp³-hybridized carbons (Fsp3) is 0.609. The van der Waals surface area contributed by atoms with E-state index in [-0.39, 0.29) is 6.03 Å². The standard InChI is InChI=1S/C23H32N4OS2/c1-4-26(5-2)23(28)24-27-18-10-6-8-16-15-9-7-11-25(3)19(15)14-17(20(16)18)21(27)22-29-12-13-30-22/h6,8,10,15,19,22H,4-5,7,9,11-14H2,1-3H3,(H,24,28)/t15-,19-/m1/s1. The van der Waals surface area contributed by atoms with Crippen LogP contribution >= 0.6 is 23.5 Å². The molecule has 7 heteroatoms. The number of likely N-dealkylation sites (tertiary alicyclic amines) is 1. The molecule has 0 saturated carbocycles. The van der Waals surface area contributed by atoms with Crippen LogP contribution in [0.1, 0.15) is 54.0 Å². The number of hydrogen-bond donors (Lipinski definition) is 1. The number of hydrogen-bond acceptors (Lipinski definition) is 4. The van der Waals surface area contributed by atoms with Crippen molar-refractivity contribution < 1.29 is 4.79 Å². The Morgan fingerprint density at radius 1 is 1.23 bits per heavy atom. The molecule has 3 heterocycles. The normalized spacial score (nSPS) is 24.2. The first kappa shape index (κ1) is 20.6. The highest BCUT2D eigenvalue weighted by molar-refractivity contribution is 8.19. The molecular weight excluding hydrogens is 412 g/mol. The third-order valence-corrected chi connectivity index (χ3v) is 10.1. The Morgan fingerprint density at radius 2 is 2.00 bits per heavy atom. The number of rotatable bonds is 4. The van der Waals surface area contributed by atoms with Crippen LogP contribution in [0.4, 0.5) is 4.79 Å². The van der Waals surface area contributed by atoms with E-state index in [4.69, 9.17) is 0 Å². The van der Waals surface area contributed by atoms with Gasteiger partial charge in [-0.05, 0) is 63.9 Å². The van der Waals surface area contributed by atoms with Gasteiger partial charge in [0.15, 0.2) is 0 Å². The second-order valence-electron chi connectivity index (χ2n) is 8.60. The molecule has 162 valence electrons. The fourth-order valence-electron chi connectivity index (χ4n) is 5.64. The minimum absolute atomic E-state index is 0.00289. The maximum absolute atomic E-state index is 13.1. The maximum Gasteiger partial charge on any atom is 0.336 e. The number of likely N-dealkylation sites (N-methyl/N-ethyl adjacent to an activating group) is 1. The lowest BCUT2D eigenvalue weighted by Gasteiger charge is -2.42. The molecule has 0 radical (unpaired) electrons. The van der Waals surface area contributed by atoms with Gasteiger partial charge in [-0.1, -0.05) is 12.1 Å². The molecule has 2 fully saturated rings. The van der Waals surface area contributed by atoms with Crippen molar-refractivity contribution in [2.24, 2.45) is 0 Å². The molecule has 0 unspecified atom stereocenters. The molecule has 30 heavy (non-hydrogen) atoms. The largest absolute Gasteiger partial charge is 0.336 e. The Balaban J connectivity index is 1.68. The van der Waals surface area contributed by atoms with Gasteiger partial charge in [-0.3, -0.25) is 4.68 Å². The predicted octanol–water partition coefficient (Wildman–Crippen LogP) is 4.86. The smallest absolute Gasteiger partial charge is 0.324 e. The second kappa shape index (κ2) is 8.32. The van der Waals surface area contributed by atoms with Crippen molar-refractivity contribution in [3.8, 4) is 0 Å². The number of urea groups is 1. The zero-order valence-electron chi connectivity index (χ0n) is 18.2. The summed E-state index contributed by atoms with van der Waals surface area (Å²) in [6, 6.07) is 7.30.